The van der Waals surface area contributed by atoms with Gasteiger partial charge in [-0.15, -0.1) is 0 Å². The molecule has 3 nitrogen and oxygen atoms in total. The van der Waals surface area contributed by atoms with Crippen LogP contribution >= 0.6 is 15.9 Å². The van der Waals surface area contributed by atoms with Crippen LogP contribution in [0, 0.1) is 6.92 Å². The van der Waals surface area contributed by atoms with Crippen LogP contribution in [0.3, 0.4) is 0 Å². The Morgan fingerprint density at radius 1 is 1.13 bits per heavy atom. The monoisotopic (exact) mass is 368 g/mol. The van der Waals surface area contributed by atoms with Crippen molar-refractivity contribution in [2.75, 3.05) is 0 Å². The van der Waals surface area contributed by atoms with Crippen molar-refractivity contribution in [2.24, 2.45) is 0 Å². The molecule has 1 aromatic heterocycles. The zero-order valence-corrected chi connectivity index (χ0v) is 14.0. The van der Waals surface area contributed by atoms with E-state index in [4.69, 9.17) is 4.42 Å². The summed E-state index contributed by atoms with van der Waals surface area (Å²) in [6.45, 7) is 1.98. The Kier molecular flexibility index (Phi) is 4.26. The van der Waals surface area contributed by atoms with E-state index in [1.54, 1.807) is 30.3 Å². The number of ketones is 1. The Hall–Kier alpha value is -2.46. The van der Waals surface area contributed by atoms with E-state index in [2.05, 4.69) is 15.9 Å². The largest absolute Gasteiger partial charge is 0.422 e. The number of allylic oxidation sites excluding steroid dienone is 1. The van der Waals surface area contributed by atoms with Crippen molar-refractivity contribution in [1.29, 1.82) is 0 Å². The van der Waals surface area contributed by atoms with Gasteiger partial charge in [0.1, 0.15) is 11.1 Å². The summed E-state index contributed by atoms with van der Waals surface area (Å²) in [5.41, 5.74) is 1.87. The Balaban J connectivity index is 1.97. The predicted molar refractivity (Wildman–Crippen MR) is 94.7 cm³/mol. The first-order valence-electron chi connectivity index (χ1n) is 7.05. The molecule has 0 saturated carbocycles. The van der Waals surface area contributed by atoms with Gasteiger partial charge in [0.2, 0.25) is 0 Å². The molecule has 0 N–H and O–H groups in total. The van der Waals surface area contributed by atoms with Gasteiger partial charge in [-0.3, -0.25) is 4.79 Å². The van der Waals surface area contributed by atoms with Crippen LogP contribution in [0.1, 0.15) is 21.5 Å². The van der Waals surface area contributed by atoms with Crippen LogP contribution in [0.25, 0.3) is 17.0 Å². The van der Waals surface area contributed by atoms with Crippen LogP contribution in [0.15, 0.2) is 68.3 Å². The van der Waals surface area contributed by atoms with Gasteiger partial charge in [-0.2, -0.15) is 0 Å². The van der Waals surface area contributed by atoms with E-state index in [1.165, 1.54) is 6.08 Å². The zero-order valence-electron chi connectivity index (χ0n) is 12.4. The highest BCUT2D eigenvalue weighted by Crippen LogP contribution is 2.19. The predicted octanol–water partition coefficient (Wildman–Crippen LogP) is 4.76. The molecule has 0 saturated heterocycles. The highest BCUT2D eigenvalue weighted by Gasteiger charge is 2.11. The summed E-state index contributed by atoms with van der Waals surface area (Å²) in [5, 5.41) is 0.700. The molecule has 0 spiro atoms. The van der Waals surface area contributed by atoms with Gasteiger partial charge in [-0.25, -0.2) is 4.79 Å². The number of benzene rings is 2. The maximum absolute atomic E-state index is 12.3. The zero-order chi connectivity index (χ0) is 16.4. The lowest BCUT2D eigenvalue weighted by Crippen LogP contribution is -2.11. The van der Waals surface area contributed by atoms with Gasteiger partial charge >= 0.3 is 5.63 Å². The minimum Gasteiger partial charge on any atom is -0.422 e. The number of carbonyl (C=O) groups excluding carboxylic acids is 1. The minimum atomic E-state index is -0.626. The second-order valence-corrected chi connectivity index (χ2v) is 6.16. The van der Waals surface area contributed by atoms with E-state index < -0.39 is 5.63 Å². The molecule has 0 aliphatic heterocycles. The number of hydrogen-bond acceptors (Lipinski definition) is 3. The summed E-state index contributed by atoms with van der Waals surface area (Å²) in [4.78, 5) is 24.3. The van der Waals surface area contributed by atoms with Gasteiger partial charge in [0, 0.05) is 9.86 Å². The molecule has 0 fully saturated rings. The molecule has 0 aliphatic rings. The summed E-state index contributed by atoms with van der Waals surface area (Å²) in [5.74, 6) is -0.373. The van der Waals surface area contributed by atoms with Crippen molar-refractivity contribution < 1.29 is 9.21 Å². The second-order valence-electron chi connectivity index (χ2n) is 5.24. The van der Waals surface area contributed by atoms with Crippen LogP contribution in [0.4, 0.5) is 0 Å². The molecule has 0 amide bonds. The molecule has 0 atom stereocenters. The third-order valence-electron chi connectivity index (χ3n) is 3.43. The third-order valence-corrected chi connectivity index (χ3v) is 3.92. The normalized spacial score (nSPS) is 11.2. The lowest BCUT2D eigenvalue weighted by atomic mass is 10.1. The first-order chi connectivity index (χ1) is 11.0. The number of rotatable bonds is 3. The fraction of sp³-hybridized carbons (Fsp3) is 0.0526. The summed E-state index contributed by atoms with van der Waals surface area (Å²) < 4.78 is 6.06. The van der Waals surface area contributed by atoms with Crippen molar-refractivity contribution in [3.8, 4) is 0 Å². The van der Waals surface area contributed by atoms with Crippen LogP contribution in [0.5, 0.6) is 0 Å². The molecule has 0 unspecified atom stereocenters. The van der Waals surface area contributed by atoms with Crippen molar-refractivity contribution >= 4 is 38.8 Å². The summed E-state index contributed by atoms with van der Waals surface area (Å²) in [6.07, 6.45) is 3.09. The Labute approximate surface area is 141 Å². The highest BCUT2D eigenvalue weighted by atomic mass is 79.9. The number of halogens is 1. The fourth-order valence-corrected chi connectivity index (χ4v) is 2.68. The van der Waals surface area contributed by atoms with Crippen LogP contribution in [-0.4, -0.2) is 5.78 Å². The van der Waals surface area contributed by atoms with Gasteiger partial charge in [0.15, 0.2) is 5.78 Å². The number of aryl methyl sites for hydroxylation is 1. The van der Waals surface area contributed by atoms with E-state index in [9.17, 15) is 9.59 Å². The maximum Gasteiger partial charge on any atom is 0.347 e. The number of fused-ring (bicyclic) bond motifs is 1. The second kappa shape index (κ2) is 6.34. The van der Waals surface area contributed by atoms with Gasteiger partial charge in [0.25, 0.3) is 0 Å². The Morgan fingerprint density at radius 2 is 1.96 bits per heavy atom. The van der Waals surface area contributed by atoms with Gasteiger partial charge in [0.05, 0.1) is 0 Å². The van der Waals surface area contributed by atoms with Crippen LogP contribution in [-0.2, 0) is 0 Å². The Bertz CT molecular complexity index is 983. The Morgan fingerprint density at radius 3 is 2.74 bits per heavy atom. The first-order valence-corrected chi connectivity index (χ1v) is 7.85. The standard InChI is InChI=1S/C19H13BrO3/c1-12-3-2-4-13(9-12)5-7-17(21)16-11-14-10-15(20)6-8-18(14)23-19(16)22/h2-11H,1H3/b7-5+. The SMILES string of the molecule is Cc1cccc(/C=C/C(=O)c2cc3cc(Br)ccc3oc2=O)c1. The molecule has 23 heavy (non-hydrogen) atoms. The van der Waals surface area contributed by atoms with Crippen LogP contribution < -0.4 is 5.63 Å². The molecular formula is C19H13BrO3. The van der Waals surface area contributed by atoms with Crippen molar-refractivity contribution in [2.45, 2.75) is 6.92 Å². The molecule has 3 aromatic rings. The molecule has 4 heteroatoms. The minimum absolute atomic E-state index is 0.0273. The van der Waals surface area contributed by atoms with E-state index in [0.29, 0.717) is 11.0 Å². The van der Waals surface area contributed by atoms with Crippen molar-refractivity contribution in [1.82, 2.24) is 0 Å². The number of carbonyl (C=O) groups is 1. The van der Waals surface area contributed by atoms with E-state index in [-0.39, 0.29) is 11.3 Å². The highest BCUT2D eigenvalue weighted by molar-refractivity contribution is 9.10. The van der Waals surface area contributed by atoms with E-state index >= 15 is 0 Å². The summed E-state index contributed by atoms with van der Waals surface area (Å²) >= 11 is 3.36. The molecular weight excluding hydrogens is 356 g/mol. The topological polar surface area (TPSA) is 47.3 Å². The van der Waals surface area contributed by atoms with Gasteiger partial charge < -0.3 is 4.42 Å². The smallest absolute Gasteiger partial charge is 0.347 e. The summed E-state index contributed by atoms with van der Waals surface area (Å²) in [7, 11) is 0. The first kappa shape index (κ1) is 15.4. The number of hydrogen-bond donors (Lipinski definition) is 0. The van der Waals surface area contributed by atoms with E-state index in [0.717, 1.165) is 15.6 Å². The lowest BCUT2D eigenvalue weighted by Gasteiger charge is -2.00. The fourth-order valence-electron chi connectivity index (χ4n) is 2.30. The average Bonchev–Trinajstić information content (AvgIpc) is 2.52. The van der Waals surface area contributed by atoms with Crippen LogP contribution in [0.2, 0.25) is 0 Å². The van der Waals surface area contributed by atoms with Gasteiger partial charge in [-0.05, 0) is 42.8 Å². The molecule has 0 bridgehead atoms. The molecule has 0 radical (unpaired) electrons. The lowest BCUT2D eigenvalue weighted by molar-refractivity contribution is 0.104. The molecule has 1 heterocycles. The van der Waals surface area contributed by atoms with Crippen molar-refractivity contribution in [3.63, 3.8) is 0 Å². The molecule has 0 aliphatic carbocycles. The summed E-state index contributed by atoms with van der Waals surface area (Å²) in [6, 6.07) is 14.6. The maximum atomic E-state index is 12.3. The molecule has 114 valence electrons. The van der Waals surface area contributed by atoms with Crippen molar-refractivity contribution in [3.05, 3.63) is 86.2 Å². The average molecular weight is 369 g/mol. The van der Waals surface area contributed by atoms with E-state index in [1.807, 2.05) is 31.2 Å². The molecule has 2 aromatic carbocycles. The molecule has 3 rings (SSSR count). The quantitative estimate of drug-likeness (QED) is 0.380. The van der Waals surface area contributed by atoms with Gasteiger partial charge in [-0.1, -0.05) is 51.8 Å². The third kappa shape index (κ3) is 3.48.